The van der Waals surface area contributed by atoms with E-state index in [2.05, 4.69) is 5.32 Å². The van der Waals surface area contributed by atoms with Crippen LogP contribution in [0.15, 0.2) is 34.1 Å². The number of nitrogens with one attached hydrogen (secondary N) is 1. The van der Waals surface area contributed by atoms with Crippen LogP contribution in [0.3, 0.4) is 0 Å². The predicted octanol–water partition coefficient (Wildman–Crippen LogP) is 2.16. The van der Waals surface area contributed by atoms with Crippen molar-refractivity contribution in [2.75, 3.05) is 19.5 Å². The summed E-state index contributed by atoms with van der Waals surface area (Å²) in [5.74, 6) is -0.894. The Kier molecular flexibility index (Phi) is 6.86. The minimum Gasteiger partial charge on any atom is -0.481 e. The van der Waals surface area contributed by atoms with Crippen molar-refractivity contribution in [3.05, 3.63) is 24.3 Å². The lowest BCUT2D eigenvalue weighted by Gasteiger charge is -2.22. The Hall–Kier alpha value is -1.09. The van der Waals surface area contributed by atoms with Gasteiger partial charge in [0.25, 0.3) is 10.1 Å². The SMILES string of the molecule is CSc1ccc(S(=O)(=O)OCNCC(C)(C)CC(=O)O)cc1. The number of carbonyl (C=O) groups is 1. The first-order valence-corrected chi connectivity index (χ1v) is 9.26. The maximum absolute atomic E-state index is 12.0. The molecule has 0 radical (unpaired) electrons. The minimum absolute atomic E-state index is 0.0110. The third-order valence-corrected chi connectivity index (χ3v) is 4.92. The second kappa shape index (κ2) is 7.96. The summed E-state index contributed by atoms with van der Waals surface area (Å²) in [4.78, 5) is 11.7. The van der Waals surface area contributed by atoms with Crippen LogP contribution in [-0.2, 0) is 19.1 Å². The largest absolute Gasteiger partial charge is 0.481 e. The van der Waals surface area contributed by atoms with E-state index < -0.39 is 21.5 Å². The molecule has 0 aliphatic heterocycles. The molecule has 0 aliphatic carbocycles. The summed E-state index contributed by atoms with van der Waals surface area (Å²) >= 11 is 1.52. The van der Waals surface area contributed by atoms with E-state index in [1.807, 2.05) is 6.26 Å². The first kappa shape index (κ1) is 19.0. The molecule has 0 fully saturated rings. The molecule has 2 N–H and O–H groups in total. The molecule has 22 heavy (non-hydrogen) atoms. The van der Waals surface area contributed by atoms with Gasteiger partial charge in [0.1, 0.15) is 6.73 Å². The van der Waals surface area contributed by atoms with E-state index in [-0.39, 0.29) is 18.0 Å². The average molecular weight is 347 g/mol. The lowest BCUT2D eigenvalue weighted by atomic mass is 9.89. The highest BCUT2D eigenvalue weighted by molar-refractivity contribution is 7.98. The summed E-state index contributed by atoms with van der Waals surface area (Å²) in [6.45, 7) is 3.70. The molecule has 0 spiro atoms. The Morgan fingerprint density at radius 3 is 2.41 bits per heavy atom. The number of aliphatic carboxylic acids is 1. The van der Waals surface area contributed by atoms with Gasteiger partial charge in [-0.05, 0) is 35.9 Å². The minimum atomic E-state index is -3.81. The van der Waals surface area contributed by atoms with Crippen molar-refractivity contribution < 1.29 is 22.5 Å². The molecule has 0 aromatic heterocycles. The van der Waals surface area contributed by atoms with Crippen molar-refractivity contribution >= 4 is 27.8 Å². The molecular weight excluding hydrogens is 326 g/mol. The summed E-state index contributed by atoms with van der Waals surface area (Å²) < 4.78 is 28.8. The van der Waals surface area contributed by atoms with Crippen molar-refractivity contribution in [3.63, 3.8) is 0 Å². The number of carboxylic acids is 1. The molecule has 0 bridgehead atoms. The smallest absolute Gasteiger partial charge is 0.303 e. The third kappa shape index (κ3) is 6.35. The quantitative estimate of drug-likeness (QED) is 0.306. The first-order chi connectivity index (χ1) is 10.2. The molecule has 1 aromatic carbocycles. The van der Waals surface area contributed by atoms with Crippen LogP contribution in [0, 0.1) is 5.41 Å². The van der Waals surface area contributed by atoms with Crippen LogP contribution in [0.25, 0.3) is 0 Å². The molecule has 1 aromatic rings. The van der Waals surface area contributed by atoms with E-state index in [0.29, 0.717) is 6.54 Å². The highest BCUT2D eigenvalue weighted by Crippen LogP contribution is 2.20. The van der Waals surface area contributed by atoms with Gasteiger partial charge in [-0.2, -0.15) is 8.42 Å². The van der Waals surface area contributed by atoms with Crippen LogP contribution >= 0.6 is 11.8 Å². The highest BCUT2D eigenvalue weighted by atomic mass is 32.2. The zero-order valence-corrected chi connectivity index (χ0v) is 14.5. The van der Waals surface area contributed by atoms with Crippen molar-refractivity contribution in [3.8, 4) is 0 Å². The van der Waals surface area contributed by atoms with E-state index >= 15 is 0 Å². The van der Waals surface area contributed by atoms with Crippen LogP contribution in [-0.4, -0.2) is 39.0 Å². The summed E-state index contributed by atoms with van der Waals surface area (Å²) in [6.07, 6.45) is 1.89. The predicted molar refractivity (Wildman–Crippen MR) is 85.4 cm³/mol. The standard InChI is InChI=1S/C14H21NO5S2/c1-14(2,8-13(16)17)9-15-10-20-22(18,19)12-6-4-11(21-3)5-7-12/h4-7,15H,8-10H2,1-3H3,(H,16,17). The second-order valence-corrected chi connectivity index (χ2v) is 8.05. The topological polar surface area (TPSA) is 92.7 Å². The van der Waals surface area contributed by atoms with Gasteiger partial charge in [-0.3, -0.25) is 14.3 Å². The normalized spacial score (nSPS) is 12.3. The number of rotatable bonds is 9. The fourth-order valence-corrected chi connectivity index (χ4v) is 3.04. The molecule has 0 unspecified atom stereocenters. The van der Waals surface area contributed by atoms with Gasteiger partial charge in [0.2, 0.25) is 0 Å². The van der Waals surface area contributed by atoms with E-state index in [0.717, 1.165) is 4.90 Å². The molecule has 0 atom stereocenters. The first-order valence-electron chi connectivity index (χ1n) is 6.62. The van der Waals surface area contributed by atoms with Gasteiger partial charge in [-0.1, -0.05) is 13.8 Å². The zero-order valence-electron chi connectivity index (χ0n) is 12.8. The van der Waals surface area contributed by atoms with Gasteiger partial charge in [0.15, 0.2) is 0 Å². The molecule has 6 nitrogen and oxygen atoms in total. The number of hydrogen-bond acceptors (Lipinski definition) is 6. The van der Waals surface area contributed by atoms with Gasteiger partial charge < -0.3 is 5.11 Å². The number of thioether (sulfide) groups is 1. The molecule has 0 saturated heterocycles. The van der Waals surface area contributed by atoms with E-state index in [9.17, 15) is 13.2 Å². The van der Waals surface area contributed by atoms with Crippen LogP contribution in [0.1, 0.15) is 20.3 Å². The zero-order chi connectivity index (χ0) is 16.8. The number of hydrogen-bond donors (Lipinski definition) is 2. The monoisotopic (exact) mass is 347 g/mol. The molecule has 8 heteroatoms. The lowest BCUT2D eigenvalue weighted by molar-refractivity contribution is -0.139. The third-order valence-electron chi connectivity index (χ3n) is 2.90. The van der Waals surface area contributed by atoms with Gasteiger partial charge in [0, 0.05) is 11.4 Å². The fourth-order valence-electron chi connectivity index (χ4n) is 1.79. The Bertz CT molecular complexity index is 596. The van der Waals surface area contributed by atoms with Gasteiger partial charge in [-0.25, -0.2) is 0 Å². The molecule has 1 rings (SSSR count). The van der Waals surface area contributed by atoms with Crippen LogP contribution in [0.4, 0.5) is 0 Å². The highest BCUT2D eigenvalue weighted by Gasteiger charge is 2.22. The fraction of sp³-hybridized carbons (Fsp3) is 0.500. The summed E-state index contributed by atoms with van der Waals surface area (Å²) in [5, 5.41) is 11.6. The molecule has 124 valence electrons. The number of benzene rings is 1. The molecule has 0 heterocycles. The van der Waals surface area contributed by atoms with Crippen LogP contribution < -0.4 is 5.32 Å². The van der Waals surface area contributed by atoms with Crippen LogP contribution in [0.2, 0.25) is 0 Å². The Morgan fingerprint density at radius 1 is 1.32 bits per heavy atom. The van der Waals surface area contributed by atoms with Crippen LogP contribution in [0.5, 0.6) is 0 Å². The lowest BCUT2D eigenvalue weighted by Crippen LogP contribution is -2.33. The molecular formula is C14H21NO5S2. The van der Waals surface area contributed by atoms with E-state index in [4.69, 9.17) is 9.29 Å². The van der Waals surface area contributed by atoms with Crippen molar-refractivity contribution in [1.29, 1.82) is 0 Å². The molecule has 0 aliphatic rings. The second-order valence-electron chi connectivity index (χ2n) is 5.55. The maximum Gasteiger partial charge on any atom is 0.303 e. The van der Waals surface area contributed by atoms with Crippen molar-refractivity contribution in [2.24, 2.45) is 5.41 Å². The average Bonchev–Trinajstić information content (AvgIpc) is 2.42. The maximum atomic E-state index is 12.0. The van der Waals surface area contributed by atoms with Gasteiger partial charge in [0.05, 0.1) is 11.3 Å². The Labute approximate surface area is 135 Å². The van der Waals surface area contributed by atoms with Crippen molar-refractivity contribution in [2.45, 2.75) is 30.1 Å². The Balaban J connectivity index is 2.50. The molecule has 0 saturated carbocycles. The van der Waals surface area contributed by atoms with Gasteiger partial charge in [-0.15, -0.1) is 11.8 Å². The van der Waals surface area contributed by atoms with Crippen molar-refractivity contribution in [1.82, 2.24) is 5.32 Å². The van der Waals surface area contributed by atoms with Gasteiger partial charge >= 0.3 is 5.97 Å². The summed E-state index contributed by atoms with van der Waals surface area (Å²) in [5.41, 5.74) is -0.487. The molecule has 0 amide bonds. The Morgan fingerprint density at radius 2 is 1.91 bits per heavy atom. The van der Waals surface area contributed by atoms with E-state index in [1.54, 1.807) is 26.0 Å². The van der Waals surface area contributed by atoms with E-state index in [1.165, 1.54) is 23.9 Å². The summed E-state index contributed by atoms with van der Waals surface area (Å²) in [7, 11) is -3.81. The number of carboxylic acid groups (broad SMARTS) is 1. The summed E-state index contributed by atoms with van der Waals surface area (Å²) in [6, 6.07) is 6.42.